The quantitative estimate of drug-likeness (QED) is 0.254. The van der Waals surface area contributed by atoms with Gasteiger partial charge < -0.3 is 20.0 Å². The van der Waals surface area contributed by atoms with Gasteiger partial charge in [-0.2, -0.15) is 4.98 Å². The van der Waals surface area contributed by atoms with E-state index in [-0.39, 0.29) is 11.5 Å². The molecule has 0 aliphatic carbocycles. The number of allylic oxidation sites excluding steroid dienone is 1. The molecule has 6 rings (SSSR count). The average Bonchev–Trinajstić information content (AvgIpc) is 3.08. The highest BCUT2D eigenvalue weighted by atomic mass is 16.2. The number of pyridine rings is 2. The highest BCUT2D eigenvalue weighted by Gasteiger charge is 2.22. The number of nitrogens with one attached hydrogen (secondary N) is 1. The number of benzene rings is 1. The molecule has 5 heterocycles. The molecule has 0 bridgehead atoms. The van der Waals surface area contributed by atoms with E-state index in [1.165, 1.54) is 30.9 Å². The Morgan fingerprint density at radius 2 is 1.60 bits per heavy atom. The standard InChI is InChI=1S/C37H46N8O2/c1-25(2)44-18-14-29(15-19-44)30-8-11-34(38-23-30)33-22-31-24-39-37(41-35(31)45(36(33)47)21-20-43(5)26(3)46)40-32-9-6-27(7-10-32)28-12-16-42(4)17-13-28/h6-11,22-24,28-29H,1,12-21H2,2-5H3,(H,39,40,41). The van der Waals surface area contributed by atoms with Crippen molar-refractivity contribution in [2.45, 2.75) is 57.9 Å². The fourth-order valence-electron chi connectivity index (χ4n) is 6.73. The summed E-state index contributed by atoms with van der Waals surface area (Å²) in [7, 11) is 3.91. The summed E-state index contributed by atoms with van der Waals surface area (Å²) in [5.41, 5.74) is 5.96. The summed E-state index contributed by atoms with van der Waals surface area (Å²) in [4.78, 5) is 46.5. The lowest BCUT2D eigenvalue weighted by molar-refractivity contribution is -0.127. The van der Waals surface area contributed by atoms with Gasteiger partial charge in [-0.1, -0.05) is 24.8 Å². The van der Waals surface area contributed by atoms with Crippen LogP contribution < -0.4 is 10.9 Å². The maximum atomic E-state index is 14.1. The van der Waals surface area contributed by atoms with Crippen LogP contribution in [0.2, 0.25) is 0 Å². The number of hydrogen-bond donors (Lipinski definition) is 1. The molecule has 1 N–H and O–H groups in total. The second-order valence-corrected chi connectivity index (χ2v) is 13.2. The summed E-state index contributed by atoms with van der Waals surface area (Å²) in [5, 5.41) is 4.05. The Balaban J connectivity index is 1.26. The van der Waals surface area contributed by atoms with Crippen molar-refractivity contribution in [1.82, 2.24) is 34.2 Å². The molecule has 10 heteroatoms. The van der Waals surface area contributed by atoms with Gasteiger partial charge in [-0.25, -0.2) is 4.98 Å². The summed E-state index contributed by atoms with van der Waals surface area (Å²) < 4.78 is 1.64. The number of hydrogen-bond acceptors (Lipinski definition) is 8. The van der Waals surface area contributed by atoms with E-state index in [4.69, 9.17) is 9.97 Å². The summed E-state index contributed by atoms with van der Waals surface area (Å²) in [6.45, 7) is 12.6. The van der Waals surface area contributed by atoms with E-state index >= 15 is 0 Å². The molecule has 0 radical (unpaired) electrons. The Bertz CT molecular complexity index is 1780. The minimum absolute atomic E-state index is 0.0643. The van der Waals surface area contributed by atoms with E-state index in [0.717, 1.165) is 55.8 Å². The third-order valence-corrected chi connectivity index (χ3v) is 9.95. The van der Waals surface area contributed by atoms with Gasteiger partial charge in [0.25, 0.3) is 5.56 Å². The first kappa shape index (κ1) is 32.4. The molecule has 4 aromatic rings. The highest BCUT2D eigenvalue weighted by Crippen LogP contribution is 2.31. The van der Waals surface area contributed by atoms with Crippen molar-refractivity contribution in [2.75, 3.05) is 52.1 Å². The van der Waals surface area contributed by atoms with E-state index < -0.39 is 0 Å². The average molecular weight is 635 g/mol. The third kappa shape index (κ3) is 7.38. The Morgan fingerprint density at radius 1 is 0.936 bits per heavy atom. The number of nitrogens with zero attached hydrogens (tertiary/aromatic N) is 7. The van der Waals surface area contributed by atoms with Crippen LogP contribution in [0.3, 0.4) is 0 Å². The second kappa shape index (κ2) is 14.0. The predicted molar refractivity (Wildman–Crippen MR) is 188 cm³/mol. The lowest BCUT2D eigenvalue weighted by Gasteiger charge is -2.33. The molecule has 1 amide bonds. The molecule has 0 spiro atoms. The van der Waals surface area contributed by atoms with Crippen LogP contribution in [0, 0.1) is 0 Å². The normalized spacial score (nSPS) is 16.4. The molecule has 47 heavy (non-hydrogen) atoms. The van der Waals surface area contributed by atoms with Crippen molar-refractivity contribution in [3.63, 3.8) is 0 Å². The number of rotatable bonds is 9. The van der Waals surface area contributed by atoms with Crippen LogP contribution in [0.25, 0.3) is 22.3 Å². The van der Waals surface area contributed by atoms with Crippen LogP contribution >= 0.6 is 0 Å². The minimum atomic E-state index is -0.198. The Labute approximate surface area is 277 Å². The SMILES string of the molecule is C=C(C)N1CCC(c2ccc(-c3cc4cnc(Nc5ccc(C6CCN(C)CC6)cc5)nc4n(CCN(C)C(C)=O)c3=O)nc2)CC1. The number of likely N-dealkylation sites (tertiary alicyclic amines) is 2. The Morgan fingerprint density at radius 3 is 2.23 bits per heavy atom. The van der Waals surface area contributed by atoms with Crippen LogP contribution in [0.1, 0.15) is 62.5 Å². The van der Waals surface area contributed by atoms with Gasteiger partial charge in [-0.05, 0) is 100.0 Å². The number of likely N-dealkylation sites (N-methyl/N-ethyl adjacent to an activating group) is 1. The zero-order valence-electron chi connectivity index (χ0n) is 28.1. The van der Waals surface area contributed by atoms with E-state index in [9.17, 15) is 9.59 Å². The molecule has 0 atom stereocenters. The molecule has 2 aliphatic heterocycles. The van der Waals surface area contributed by atoms with Crippen molar-refractivity contribution in [1.29, 1.82) is 0 Å². The second-order valence-electron chi connectivity index (χ2n) is 13.2. The minimum Gasteiger partial charge on any atom is -0.375 e. The number of piperidine rings is 2. The molecule has 0 unspecified atom stereocenters. The summed E-state index contributed by atoms with van der Waals surface area (Å²) >= 11 is 0. The zero-order valence-corrected chi connectivity index (χ0v) is 28.1. The smallest absolute Gasteiger partial charge is 0.261 e. The van der Waals surface area contributed by atoms with Crippen LogP contribution in [0.4, 0.5) is 11.6 Å². The first-order valence-electron chi connectivity index (χ1n) is 16.7. The molecule has 2 aliphatic rings. The zero-order chi connectivity index (χ0) is 33.1. The van der Waals surface area contributed by atoms with Gasteiger partial charge >= 0.3 is 0 Å². The fourth-order valence-corrected chi connectivity index (χ4v) is 6.73. The van der Waals surface area contributed by atoms with Crippen molar-refractivity contribution < 1.29 is 4.79 Å². The van der Waals surface area contributed by atoms with Gasteiger partial charge in [-0.3, -0.25) is 19.1 Å². The monoisotopic (exact) mass is 634 g/mol. The number of aromatic nitrogens is 4. The largest absolute Gasteiger partial charge is 0.375 e. The maximum Gasteiger partial charge on any atom is 0.261 e. The third-order valence-electron chi connectivity index (χ3n) is 9.95. The van der Waals surface area contributed by atoms with Crippen LogP contribution in [-0.2, 0) is 11.3 Å². The van der Waals surface area contributed by atoms with Gasteiger partial charge in [0.1, 0.15) is 5.65 Å². The molecule has 2 saturated heterocycles. The number of anilines is 2. The summed E-state index contributed by atoms with van der Waals surface area (Å²) in [6.07, 6.45) is 8.10. The van der Waals surface area contributed by atoms with Crippen LogP contribution in [-0.4, -0.2) is 86.9 Å². The molecule has 3 aromatic heterocycles. The highest BCUT2D eigenvalue weighted by molar-refractivity contribution is 5.81. The van der Waals surface area contributed by atoms with Gasteiger partial charge in [0.2, 0.25) is 11.9 Å². The number of carbonyl (C=O) groups is 1. The molecule has 246 valence electrons. The van der Waals surface area contributed by atoms with E-state index in [2.05, 4.69) is 71.0 Å². The molecule has 10 nitrogen and oxygen atoms in total. The van der Waals surface area contributed by atoms with Crippen LogP contribution in [0.15, 0.2) is 71.9 Å². The van der Waals surface area contributed by atoms with Gasteiger partial charge in [0.05, 0.1) is 11.3 Å². The maximum absolute atomic E-state index is 14.1. The number of fused-ring (bicyclic) bond motifs is 1. The molecule has 0 saturated carbocycles. The lowest BCUT2D eigenvalue weighted by atomic mass is 9.89. The lowest BCUT2D eigenvalue weighted by Crippen LogP contribution is -2.32. The van der Waals surface area contributed by atoms with Crippen LogP contribution in [0.5, 0.6) is 0 Å². The topological polar surface area (TPSA) is 99.5 Å². The molecule has 2 fully saturated rings. The van der Waals surface area contributed by atoms with E-state index in [0.29, 0.717) is 47.8 Å². The predicted octanol–water partition coefficient (Wildman–Crippen LogP) is 5.60. The van der Waals surface area contributed by atoms with Crippen molar-refractivity contribution in [2.24, 2.45) is 0 Å². The first-order valence-corrected chi connectivity index (χ1v) is 16.7. The van der Waals surface area contributed by atoms with E-state index in [1.807, 2.05) is 18.3 Å². The van der Waals surface area contributed by atoms with Crippen molar-refractivity contribution >= 4 is 28.6 Å². The first-order chi connectivity index (χ1) is 22.7. The number of amides is 1. The van der Waals surface area contributed by atoms with Gasteiger partial charge in [0.15, 0.2) is 0 Å². The van der Waals surface area contributed by atoms with Gasteiger partial charge in [-0.15, -0.1) is 0 Å². The Kier molecular flexibility index (Phi) is 9.68. The summed E-state index contributed by atoms with van der Waals surface area (Å²) in [5.74, 6) is 1.36. The molecular formula is C37H46N8O2. The van der Waals surface area contributed by atoms with E-state index in [1.54, 1.807) is 22.7 Å². The number of carbonyl (C=O) groups excluding carboxylic acids is 1. The molecular weight excluding hydrogens is 588 g/mol. The van der Waals surface area contributed by atoms with Crippen molar-refractivity contribution in [3.8, 4) is 11.3 Å². The van der Waals surface area contributed by atoms with Crippen molar-refractivity contribution in [3.05, 3.63) is 88.6 Å². The Hall–Kier alpha value is -4.57. The molecule has 1 aromatic carbocycles. The fraction of sp³-hybridized carbons (Fsp3) is 0.432. The summed E-state index contributed by atoms with van der Waals surface area (Å²) in [6, 6.07) is 14.4. The van der Waals surface area contributed by atoms with Gasteiger partial charge in [0, 0.05) is 69.3 Å².